The average Bonchev–Trinajstić information content (AvgIpc) is 2.70. The van der Waals surface area contributed by atoms with Gasteiger partial charge in [-0.15, -0.1) is 0 Å². The van der Waals surface area contributed by atoms with E-state index < -0.39 is 14.9 Å². The first-order valence-electron chi connectivity index (χ1n) is 9.20. The number of rotatable bonds is 7. The number of hydrogen-bond donors (Lipinski definition) is 1. The van der Waals surface area contributed by atoms with Gasteiger partial charge < -0.3 is 9.64 Å². The number of piperazine rings is 1. The Morgan fingerprint density at radius 2 is 1.68 bits per heavy atom. The van der Waals surface area contributed by atoms with Crippen LogP contribution in [-0.2, 0) is 16.6 Å². The van der Waals surface area contributed by atoms with Crippen LogP contribution in [0.15, 0.2) is 53.4 Å². The van der Waals surface area contributed by atoms with Gasteiger partial charge in [0.25, 0.3) is 5.69 Å². The Labute approximate surface area is 164 Å². The normalized spacial score (nSPS) is 16.0. The number of nitro benzene ring substituents is 1. The zero-order valence-electron chi connectivity index (χ0n) is 15.7. The minimum atomic E-state index is -3.63. The van der Waals surface area contributed by atoms with E-state index in [0.29, 0.717) is 32.8 Å². The van der Waals surface area contributed by atoms with E-state index in [2.05, 4.69) is 0 Å². The molecule has 0 bridgehead atoms. The third-order valence-electron chi connectivity index (χ3n) is 4.80. The molecule has 0 aliphatic carbocycles. The van der Waals surface area contributed by atoms with E-state index in [1.54, 1.807) is 0 Å². The lowest BCUT2D eigenvalue weighted by Crippen LogP contribution is -3.13. The molecule has 9 heteroatoms. The predicted molar refractivity (Wildman–Crippen MR) is 104 cm³/mol. The van der Waals surface area contributed by atoms with E-state index in [1.165, 1.54) is 39.0 Å². The van der Waals surface area contributed by atoms with Crippen LogP contribution in [-0.4, -0.2) is 50.4 Å². The van der Waals surface area contributed by atoms with E-state index in [9.17, 15) is 18.5 Å². The van der Waals surface area contributed by atoms with Gasteiger partial charge in [0.1, 0.15) is 12.3 Å². The first kappa shape index (κ1) is 20.2. The Balaban J connectivity index is 1.58. The highest BCUT2D eigenvalue weighted by atomic mass is 32.2. The van der Waals surface area contributed by atoms with Crippen LogP contribution in [0.2, 0.25) is 0 Å². The monoisotopic (exact) mass is 406 g/mol. The summed E-state index contributed by atoms with van der Waals surface area (Å²) >= 11 is 0. The molecule has 2 aromatic carbocycles. The molecular formula is C19H24N3O5S+. The molecular weight excluding hydrogens is 382 g/mol. The molecule has 0 amide bonds. The van der Waals surface area contributed by atoms with Crippen molar-refractivity contribution in [3.05, 3.63) is 64.2 Å². The Morgan fingerprint density at radius 1 is 1.07 bits per heavy atom. The van der Waals surface area contributed by atoms with Crippen molar-refractivity contribution in [3.8, 4) is 5.75 Å². The molecule has 0 aromatic heterocycles. The predicted octanol–water partition coefficient (Wildman–Crippen LogP) is 1.08. The van der Waals surface area contributed by atoms with Crippen molar-refractivity contribution in [1.82, 2.24) is 4.31 Å². The van der Waals surface area contributed by atoms with Crippen LogP contribution in [0, 0.1) is 10.1 Å². The largest absolute Gasteiger partial charge is 0.494 e. The maximum Gasteiger partial charge on any atom is 0.269 e. The molecule has 0 spiro atoms. The fourth-order valence-corrected chi connectivity index (χ4v) is 4.71. The number of non-ortho nitro benzene ring substituents is 1. The Morgan fingerprint density at radius 3 is 2.21 bits per heavy atom. The fourth-order valence-electron chi connectivity index (χ4n) is 3.27. The molecule has 1 aliphatic heterocycles. The molecule has 1 saturated heterocycles. The zero-order valence-corrected chi connectivity index (χ0v) is 16.5. The molecule has 150 valence electrons. The van der Waals surface area contributed by atoms with Crippen LogP contribution in [0.3, 0.4) is 0 Å². The quantitative estimate of drug-likeness (QED) is 0.549. The summed E-state index contributed by atoms with van der Waals surface area (Å²) in [6.45, 7) is 5.67. The van der Waals surface area contributed by atoms with Crippen molar-refractivity contribution in [2.75, 3.05) is 32.8 Å². The molecule has 2 aromatic rings. The summed E-state index contributed by atoms with van der Waals surface area (Å²) in [5.74, 6) is 0.847. The van der Waals surface area contributed by atoms with Crippen LogP contribution in [0.1, 0.15) is 12.5 Å². The van der Waals surface area contributed by atoms with Gasteiger partial charge in [-0.3, -0.25) is 10.1 Å². The fraction of sp³-hybridized carbons (Fsp3) is 0.368. The van der Waals surface area contributed by atoms with Crippen molar-refractivity contribution >= 4 is 15.7 Å². The second-order valence-electron chi connectivity index (χ2n) is 6.66. The second kappa shape index (κ2) is 8.68. The summed E-state index contributed by atoms with van der Waals surface area (Å²) in [6, 6.07) is 13.0. The van der Waals surface area contributed by atoms with Crippen molar-refractivity contribution in [2.24, 2.45) is 0 Å². The molecule has 28 heavy (non-hydrogen) atoms. The second-order valence-corrected chi connectivity index (χ2v) is 8.60. The number of benzene rings is 2. The first-order valence-corrected chi connectivity index (χ1v) is 10.6. The zero-order chi connectivity index (χ0) is 20.1. The third-order valence-corrected chi connectivity index (χ3v) is 6.72. The minimum Gasteiger partial charge on any atom is -0.494 e. The molecule has 1 heterocycles. The number of ether oxygens (including phenoxy) is 1. The van der Waals surface area contributed by atoms with Crippen molar-refractivity contribution < 1.29 is 23.0 Å². The standard InChI is InChI=1S/C19H23N3O5S/c1-2-27-18-7-3-16(4-8-18)15-20-11-13-21(14-12-20)28(25,26)19-9-5-17(6-10-19)22(23)24/h3-10H,2,11-15H2,1H3/p+1. The van der Waals surface area contributed by atoms with Gasteiger partial charge in [-0.1, -0.05) is 0 Å². The van der Waals surface area contributed by atoms with Gasteiger partial charge in [0.15, 0.2) is 0 Å². The molecule has 1 fully saturated rings. The number of hydrogen-bond acceptors (Lipinski definition) is 5. The number of quaternary nitrogens is 1. The lowest BCUT2D eigenvalue weighted by molar-refractivity contribution is -0.917. The van der Waals surface area contributed by atoms with Gasteiger partial charge in [0.2, 0.25) is 10.0 Å². The Kier molecular flexibility index (Phi) is 6.28. The summed E-state index contributed by atoms with van der Waals surface area (Å²) in [5, 5.41) is 10.7. The highest BCUT2D eigenvalue weighted by Gasteiger charge is 2.30. The van der Waals surface area contributed by atoms with E-state index >= 15 is 0 Å². The molecule has 0 saturated carbocycles. The molecule has 8 nitrogen and oxygen atoms in total. The van der Waals surface area contributed by atoms with Crippen LogP contribution in [0.5, 0.6) is 5.75 Å². The van der Waals surface area contributed by atoms with Crippen molar-refractivity contribution in [1.29, 1.82) is 0 Å². The van der Waals surface area contributed by atoms with Crippen LogP contribution in [0.4, 0.5) is 5.69 Å². The Hall–Kier alpha value is -2.49. The van der Waals surface area contributed by atoms with Crippen molar-refractivity contribution in [3.63, 3.8) is 0 Å². The third kappa shape index (κ3) is 4.67. The number of nitrogens with one attached hydrogen (secondary N) is 1. The first-order chi connectivity index (χ1) is 13.4. The molecule has 0 atom stereocenters. The van der Waals surface area contributed by atoms with Crippen LogP contribution < -0.4 is 9.64 Å². The van der Waals surface area contributed by atoms with Gasteiger partial charge in [0.05, 0.1) is 42.6 Å². The number of nitro groups is 1. The van der Waals surface area contributed by atoms with Gasteiger partial charge in [-0.2, -0.15) is 4.31 Å². The average molecular weight is 406 g/mol. The smallest absolute Gasteiger partial charge is 0.269 e. The van der Waals surface area contributed by atoms with E-state index in [-0.39, 0.29) is 10.6 Å². The molecule has 1 N–H and O–H groups in total. The summed E-state index contributed by atoms with van der Waals surface area (Å²) in [6.07, 6.45) is 0. The highest BCUT2D eigenvalue weighted by molar-refractivity contribution is 7.89. The Bertz CT molecular complexity index is 906. The van der Waals surface area contributed by atoms with E-state index in [0.717, 1.165) is 12.3 Å². The number of sulfonamides is 1. The maximum atomic E-state index is 12.8. The summed E-state index contributed by atoms with van der Waals surface area (Å²) in [7, 11) is -3.63. The van der Waals surface area contributed by atoms with Gasteiger partial charge >= 0.3 is 0 Å². The summed E-state index contributed by atoms with van der Waals surface area (Å²) < 4.78 is 32.4. The van der Waals surface area contributed by atoms with E-state index in [4.69, 9.17) is 4.74 Å². The summed E-state index contributed by atoms with van der Waals surface area (Å²) in [4.78, 5) is 11.6. The SMILES string of the molecule is CCOc1ccc(C[NH+]2CCN(S(=O)(=O)c3ccc([N+](=O)[O-])cc3)CC2)cc1. The van der Waals surface area contributed by atoms with Gasteiger partial charge in [-0.25, -0.2) is 8.42 Å². The lowest BCUT2D eigenvalue weighted by atomic mass is 10.2. The minimum absolute atomic E-state index is 0.0908. The molecule has 0 unspecified atom stereocenters. The molecule has 1 aliphatic rings. The maximum absolute atomic E-state index is 12.8. The van der Waals surface area contributed by atoms with Crippen LogP contribution >= 0.6 is 0 Å². The summed E-state index contributed by atoms with van der Waals surface area (Å²) in [5.41, 5.74) is 1.06. The molecule has 3 rings (SSSR count). The number of nitrogens with zero attached hydrogens (tertiary/aromatic N) is 2. The van der Waals surface area contributed by atoms with Gasteiger partial charge in [-0.05, 0) is 43.3 Å². The topological polar surface area (TPSA) is 94.2 Å². The van der Waals surface area contributed by atoms with Crippen LogP contribution in [0.25, 0.3) is 0 Å². The molecule has 0 radical (unpaired) electrons. The van der Waals surface area contributed by atoms with E-state index in [1.807, 2.05) is 31.2 Å². The lowest BCUT2D eigenvalue weighted by Gasteiger charge is -2.31. The highest BCUT2D eigenvalue weighted by Crippen LogP contribution is 2.19. The van der Waals surface area contributed by atoms with Gasteiger partial charge in [0, 0.05) is 17.7 Å². The van der Waals surface area contributed by atoms with Crippen molar-refractivity contribution in [2.45, 2.75) is 18.4 Å².